The van der Waals surface area contributed by atoms with Crippen LogP contribution < -0.4 is 0 Å². The van der Waals surface area contributed by atoms with Crippen LogP contribution >= 0.6 is 15.9 Å². The van der Waals surface area contributed by atoms with Crippen LogP contribution in [-0.4, -0.2) is 20.9 Å². The van der Waals surface area contributed by atoms with Gasteiger partial charge >= 0.3 is 5.97 Å². The number of halogens is 2. The van der Waals surface area contributed by atoms with Gasteiger partial charge in [-0.25, -0.2) is 13.9 Å². The SMILES string of the molecule is CCc1cc(C(=O)O)nn1-c1ccc(Br)cc1F. The fourth-order valence-electron chi connectivity index (χ4n) is 1.64. The first-order valence-electron chi connectivity index (χ1n) is 5.30. The minimum Gasteiger partial charge on any atom is -0.476 e. The van der Waals surface area contributed by atoms with Gasteiger partial charge < -0.3 is 5.11 Å². The third-order valence-electron chi connectivity index (χ3n) is 2.50. The van der Waals surface area contributed by atoms with Gasteiger partial charge in [0.2, 0.25) is 0 Å². The van der Waals surface area contributed by atoms with Crippen LogP contribution in [0.4, 0.5) is 4.39 Å². The van der Waals surface area contributed by atoms with Crippen LogP contribution in [0.15, 0.2) is 28.7 Å². The molecule has 0 saturated carbocycles. The second-order valence-electron chi connectivity index (χ2n) is 3.69. The van der Waals surface area contributed by atoms with E-state index in [0.29, 0.717) is 16.6 Å². The maximum Gasteiger partial charge on any atom is 0.356 e. The molecule has 4 nitrogen and oxygen atoms in total. The molecule has 0 aliphatic heterocycles. The monoisotopic (exact) mass is 312 g/mol. The molecule has 1 aromatic carbocycles. The van der Waals surface area contributed by atoms with Gasteiger partial charge in [-0.3, -0.25) is 0 Å². The Balaban J connectivity index is 2.58. The Morgan fingerprint density at radius 3 is 2.78 bits per heavy atom. The second-order valence-corrected chi connectivity index (χ2v) is 4.60. The zero-order chi connectivity index (χ0) is 13.3. The number of aromatic nitrogens is 2. The van der Waals surface area contributed by atoms with Crippen molar-refractivity contribution in [1.29, 1.82) is 0 Å². The van der Waals surface area contributed by atoms with Crippen LogP contribution in [0.25, 0.3) is 5.69 Å². The zero-order valence-corrected chi connectivity index (χ0v) is 11.1. The van der Waals surface area contributed by atoms with Crippen molar-refractivity contribution in [2.45, 2.75) is 13.3 Å². The van der Waals surface area contributed by atoms with Crippen LogP contribution in [0.5, 0.6) is 0 Å². The molecule has 0 aliphatic carbocycles. The molecular formula is C12H10BrFN2O2. The average molecular weight is 313 g/mol. The fourth-order valence-corrected chi connectivity index (χ4v) is 1.97. The largest absolute Gasteiger partial charge is 0.476 e. The molecule has 1 aromatic heterocycles. The number of carboxylic acids is 1. The van der Waals surface area contributed by atoms with E-state index < -0.39 is 11.8 Å². The molecule has 1 heterocycles. The van der Waals surface area contributed by atoms with E-state index in [1.165, 1.54) is 16.8 Å². The van der Waals surface area contributed by atoms with Crippen molar-refractivity contribution in [2.75, 3.05) is 0 Å². The number of aryl methyl sites for hydroxylation is 1. The first-order valence-corrected chi connectivity index (χ1v) is 6.10. The Kier molecular flexibility index (Phi) is 3.47. The van der Waals surface area contributed by atoms with Crippen LogP contribution in [0.1, 0.15) is 23.1 Å². The molecule has 0 bridgehead atoms. The van der Waals surface area contributed by atoms with Crippen molar-refractivity contribution in [3.8, 4) is 5.69 Å². The van der Waals surface area contributed by atoms with E-state index in [1.807, 2.05) is 6.92 Å². The minimum absolute atomic E-state index is 0.0887. The molecule has 0 atom stereocenters. The summed E-state index contributed by atoms with van der Waals surface area (Å²) in [5.41, 5.74) is 0.797. The lowest BCUT2D eigenvalue weighted by molar-refractivity contribution is 0.0690. The summed E-state index contributed by atoms with van der Waals surface area (Å²) in [4.78, 5) is 10.9. The number of carboxylic acid groups (broad SMARTS) is 1. The van der Waals surface area contributed by atoms with Crippen molar-refractivity contribution in [3.63, 3.8) is 0 Å². The van der Waals surface area contributed by atoms with Crippen molar-refractivity contribution in [2.24, 2.45) is 0 Å². The van der Waals surface area contributed by atoms with Crippen molar-refractivity contribution in [1.82, 2.24) is 9.78 Å². The van der Waals surface area contributed by atoms with Crippen LogP contribution in [0.2, 0.25) is 0 Å². The first-order chi connectivity index (χ1) is 8.52. The summed E-state index contributed by atoms with van der Waals surface area (Å²) in [6.07, 6.45) is 0.565. The average Bonchev–Trinajstić information content (AvgIpc) is 2.73. The summed E-state index contributed by atoms with van der Waals surface area (Å²) in [5, 5.41) is 12.8. The number of hydrogen-bond donors (Lipinski definition) is 1. The predicted molar refractivity (Wildman–Crippen MR) is 67.6 cm³/mol. The molecule has 0 saturated heterocycles. The molecule has 1 N–H and O–H groups in total. The molecular weight excluding hydrogens is 303 g/mol. The lowest BCUT2D eigenvalue weighted by Crippen LogP contribution is -2.05. The van der Waals surface area contributed by atoms with Gasteiger partial charge in [-0.05, 0) is 30.7 Å². The highest BCUT2D eigenvalue weighted by atomic mass is 79.9. The van der Waals surface area contributed by atoms with Gasteiger partial charge in [0.15, 0.2) is 5.69 Å². The predicted octanol–water partition coefficient (Wildman–Crippen LogP) is 3.03. The van der Waals surface area contributed by atoms with Crippen molar-refractivity contribution >= 4 is 21.9 Å². The standard InChI is InChI=1S/C12H10BrFN2O2/c1-2-8-6-10(12(17)18)15-16(8)11-4-3-7(13)5-9(11)14/h3-6H,2H2,1H3,(H,17,18). The first kappa shape index (κ1) is 12.8. The molecule has 0 unspecified atom stereocenters. The Bertz CT molecular complexity index is 610. The summed E-state index contributed by atoms with van der Waals surface area (Å²) in [5.74, 6) is -1.58. The van der Waals surface area contributed by atoms with E-state index in [4.69, 9.17) is 5.11 Å². The van der Waals surface area contributed by atoms with Crippen LogP contribution in [0, 0.1) is 5.82 Å². The van der Waals surface area contributed by atoms with Gasteiger partial charge in [0.1, 0.15) is 11.5 Å². The maximum absolute atomic E-state index is 13.8. The number of rotatable bonds is 3. The number of carbonyl (C=O) groups is 1. The molecule has 94 valence electrons. The van der Waals surface area contributed by atoms with Gasteiger partial charge in [0.25, 0.3) is 0 Å². The fraction of sp³-hybridized carbons (Fsp3) is 0.167. The molecule has 0 aliphatic rings. The molecule has 0 radical (unpaired) electrons. The van der Waals surface area contributed by atoms with Gasteiger partial charge in [0.05, 0.1) is 0 Å². The molecule has 2 rings (SSSR count). The maximum atomic E-state index is 13.8. The topological polar surface area (TPSA) is 55.1 Å². The number of nitrogens with zero attached hydrogens (tertiary/aromatic N) is 2. The highest BCUT2D eigenvalue weighted by Crippen LogP contribution is 2.20. The minimum atomic E-state index is -1.12. The molecule has 6 heteroatoms. The number of aromatic carboxylic acids is 1. The van der Waals surface area contributed by atoms with Crippen molar-refractivity contribution < 1.29 is 14.3 Å². The lowest BCUT2D eigenvalue weighted by Gasteiger charge is -2.07. The van der Waals surface area contributed by atoms with Crippen molar-refractivity contribution in [3.05, 3.63) is 45.9 Å². The quantitative estimate of drug-likeness (QED) is 0.947. The molecule has 18 heavy (non-hydrogen) atoms. The summed E-state index contributed by atoms with van der Waals surface area (Å²) in [6.45, 7) is 1.86. The van der Waals surface area contributed by atoms with Gasteiger partial charge in [-0.2, -0.15) is 5.10 Å². The van der Waals surface area contributed by atoms with E-state index >= 15 is 0 Å². The van der Waals surface area contributed by atoms with E-state index in [0.717, 1.165) is 0 Å². The Morgan fingerprint density at radius 1 is 1.50 bits per heavy atom. The molecule has 0 spiro atoms. The van der Waals surface area contributed by atoms with Crippen LogP contribution in [0.3, 0.4) is 0 Å². The van der Waals surface area contributed by atoms with E-state index in [-0.39, 0.29) is 11.4 Å². The highest BCUT2D eigenvalue weighted by Gasteiger charge is 2.15. The lowest BCUT2D eigenvalue weighted by atomic mass is 10.2. The van der Waals surface area contributed by atoms with E-state index in [2.05, 4.69) is 21.0 Å². The summed E-state index contributed by atoms with van der Waals surface area (Å²) in [7, 11) is 0. The summed E-state index contributed by atoms with van der Waals surface area (Å²) < 4.78 is 15.8. The molecule has 0 amide bonds. The number of hydrogen-bond acceptors (Lipinski definition) is 2. The smallest absolute Gasteiger partial charge is 0.356 e. The summed E-state index contributed by atoms with van der Waals surface area (Å²) in [6, 6.07) is 6.00. The van der Waals surface area contributed by atoms with Gasteiger partial charge in [-0.1, -0.05) is 22.9 Å². The normalized spacial score (nSPS) is 10.6. The Labute approximate surface area is 111 Å². The van der Waals surface area contributed by atoms with Gasteiger partial charge in [-0.15, -0.1) is 0 Å². The third kappa shape index (κ3) is 2.28. The molecule has 2 aromatic rings. The van der Waals surface area contributed by atoms with Crippen LogP contribution in [-0.2, 0) is 6.42 Å². The second kappa shape index (κ2) is 4.89. The zero-order valence-electron chi connectivity index (χ0n) is 9.52. The summed E-state index contributed by atoms with van der Waals surface area (Å²) >= 11 is 3.17. The Morgan fingerprint density at radius 2 is 2.22 bits per heavy atom. The molecule has 0 fully saturated rings. The third-order valence-corrected chi connectivity index (χ3v) is 3.00. The van der Waals surface area contributed by atoms with E-state index in [9.17, 15) is 9.18 Å². The Hall–Kier alpha value is -1.69. The highest BCUT2D eigenvalue weighted by molar-refractivity contribution is 9.10. The van der Waals surface area contributed by atoms with Gasteiger partial charge in [0, 0.05) is 10.2 Å². The number of benzene rings is 1. The van der Waals surface area contributed by atoms with E-state index in [1.54, 1.807) is 12.1 Å².